The van der Waals surface area contributed by atoms with Gasteiger partial charge in [-0.2, -0.15) is 18.0 Å². The number of nitrogens with one attached hydrogen (secondary N) is 3. The number of hydrogen-bond acceptors (Lipinski definition) is 12. The molecule has 5 heterocycles. The van der Waals surface area contributed by atoms with E-state index in [2.05, 4.69) is 25.2 Å². The van der Waals surface area contributed by atoms with E-state index in [0.717, 1.165) is 16.4 Å². The maximum atomic E-state index is 15.3. The lowest BCUT2D eigenvalue weighted by Crippen LogP contribution is -2.50. The highest BCUT2D eigenvalue weighted by Gasteiger charge is 2.44. The number of carbonyl (C=O) groups is 3. The number of carbonyl (C=O) groups excluding carboxylic acids is 3. The number of likely N-dealkylation sites (tertiary alicyclic amines) is 2. The van der Waals surface area contributed by atoms with E-state index in [4.69, 9.17) is 9.47 Å². The van der Waals surface area contributed by atoms with E-state index in [0.29, 0.717) is 81.5 Å². The number of ether oxygens (including phenoxy) is 2. The molecule has 2 atom stereocenters. The number of fused-ring (bicyclic) bond motifs is 1. The Bertz CT molecular complexity index is 2700. The van der Waals surface area contributed by atoms with E-state index in [-0.39, 0.29) is 83.7 Å². The summed E-state index contributed by atoms with van der Waals surface area (Å²) >= 11 is 0. The van der Waals surface area contributed by atoms with Gasteiger partial charge in [0.15, 0.2) is 11.6 Å². The van der Waals surface area contributed by atoms with Gasteiger partial charge in [0, 0.05) is 38.8 Å². The SMILES string of the molecule is CCN(C)S(=O)(=O)Nc1ccc(F)c(Oc2ccc3ncn(C4COC5(CCN(C(=O)CN6CCC(c7ccc(NC8CCC(=O)NC8=O)cc7F)CC6)CC5)C4)c(=O)c3c2)c1C#N. The molecule has 4 aliphatic rings. The molecule has 8 rings (SSSR count). The molecule has 20 heteroatoms. The first-order valence-electron chi connectivity index (χ1n) is 21.3. The summed E-state index contributed by atoms with van der Waals surface area (Å²) in [4.78, 5) is 59.4. The van der Waals surface area contributed by atoms with E-state index in [1.54, 1.807) is 19.1 Å². The number of nitriles is 1. The van der Waals surface area contributed by atoms with E-state index in [1.807, 2.05) is 11.0 Å². The molecule has 0 aliphatic carbocycles. The van der Waals surface area contributed by atoms with Gasteiger partial charge in [-0.05, 0) is 106 Å². The third-order valence-electron chi connectivity index (χ3n) is 12.9. The Kier molecular flexibility index (Phi) is 12.7. The molecule has 4 aliphatic heterocycles. The van der Waals surface area contributed by atoms with Gasteiger partial charge in [-0.15, -0.1) is 0 Å². The van der Waals surface area contributed by atoms with Crippen LogP contribution in [0, 0.1) is 23.0 Å². The van der Waals surface area contributed by atoms with Crippen LogP contribution in [0.15, 0.2) is 59.7 Å². The number of benzene rings is 3. The fourth-order valence-corrected chi connectivity index (χ4v) is 9.92. The maximum absolute atomic E-state index is 15.3. The standard InChI is InChI=1S/C44H49F2N9O8S/c1-3-52(2)64(60,61)51-37-9-7-34(45)41(33(37)23-47)63-30-5-8-36-32(21-30)43(59)55(26-48-36)29-22-44(62-25-29)14-18-54(19-15-44)40(57)24-53-16-12-27(13-17-53)31-6-4-28(20-35(31)46)49-38-10-11-39(56)50-42(38)58/h4-9,20-21,26-27,29,38,49,51H,3,10-19,22,24-25H2,1-2H3,(H,50,56,58). The minimum Gasteiger partial charge on any atom is -0.453 e. The molecule has 0 radical (unpaired) electrons. The fourth-order valence-electron chi connectivity index (χ4n) is 8.98. The van der Waals surface area contributed by atoms with Gasteiger partial charge in [0.05, 0.1) is 47.7 Å². The molecular formula is C44H49F2N9O8S. The van der Waals surface area contributed by atoms with Crippen LogP contribution in [0.5, 0.6) is 11.5 Å². The number of hydrogen-bond donors (Lipinski definition) is 3. The van der Waals surface area contributed by atoms with Gasteiger partial charge in [-0.25, -0.2) is 13.8 Å². The maximum Gasteiger partial charge on any atom is 0.301 e. The summed E-state index contributed by atoms with van der Waals surface area (Å²) in [6.07, 6.45) is 5.15. The molecule has 4 fully saturated rings. The number of aromatic nitrogens is 2. The van der Waals surface area contributed by atoms with Gasteiger partial charge in [0.2, 0.25) is 17.7 Å². The Hall–Kier alpha value is -6.01. The molecule has 4 aromatic rings. The summed E-state index contributed by atoms with van der Waals surface area (Å²) in [5.41, 5.74) is 0.000439. The molecule has 3 aromatic carbocycles. The number of halogens is 2. The first-order valence-corrected chi connectivity index (χ1v) is 22.8. The van der Waals surface area contributed by atoms with Crippen molar-refractivity contribution in [3.05, 3.63) is 88.0 Å². The lowest BCUT2D eigenvalue weighted by molar-refractivity contribution is -0.137. The summed E-state index contributed by atoms with van der Waals surface area (Å²) in [5, 5.41) is 15.4. The Balaban J connectivity index is 0.847. The smallest absolute Gasteiger partial charge is 0.301 e. The van der Waals surface area contributed by atoms with Crippen LogP contribution in [-0.4, -0.2) is 114 Å². The molecule has 3 amide bonds. The van der Waals surface area contributed by atoms with Gasteiger partial charge in [0.1, 0.15) is 29.2 Å². The normalized spacial score (nSPS) is 20.7. The highest BCUT2D eigenvalue weighted by atomic mass is 32.2. The average Bonchev–Trinajstić information content (AvgIpc) is 3.68. The van der Waals surface area contributed by atoms with E-state index in [1.165, 1.54) is 42.2 Å². The van der Waals surface area contributed by atoms with Crippen LogP contribution < -0.4 is 25.7 Å². The number of imide groups is 1. The third kappa shape index (κ3) is 9.29. The Morgan fingerprint density at radius 2 is 1.81 bits per heavy atom. The van der Waals surface area contributed by atoms with Crippen molar-refractivity contribution in [3.63, 3.8) is 0 Å². The summed E-state index contributed by atoms with van der Waals surface area (Å²) in [7, 11) is -2.68. The molecule has 4 saturated heterocycles. The summed E-state index contributed by atoms with van der Waals surface area (Å²) in [5.74, 6) is -2.46. The summed E-state index contributed by atoms with van der Waals surface area (Å²) < 4.78 is 72.7. The van der Waals surface area contributed by atoms with Crippen molar-refractivity contribution in [2.45, 2.75) is 75.5 Å². The van der Waals surface area contributed by atoms with Crippen LogP contribution >= 0.6 is 0 Å². The van der Waals surface area contributed by atoms with Crippen molar-refractivity contribution in [2.75, 3.05) is 63.0 Å². The van der Waals surface area contributed by atoms with Crippen molar-refractivity contribution in [1.82, 2.24) is 29.0 Å². The Morgan fingerprint density at radius 1 is 1.05 bits per heavy atom. The first kappa shape index (κ1) is 44.6. The molecule has 3 N–H and O–H groups in total. The predicted octanol–water partition coefficient (Wildman–Crippen LogP) is 4.37. The van der Waals surface area contributed by atoms with Gasteiger partial charge in [0.25, 0.3) is 5.56 Å². The van der Waals surface area contributed by atoms with Gasteiger partial charge in [-0.1, -0.05) is 13.0 Å². The summed E-state index contributed by atoms with van der Waals surface area (Å²) in [6, 6.07) is 12.3. The highest BCUT2D eigenvalue weighted by Crippen LogP contribution is 2.41. The fraction of sp³-hybridized carbons (Fsp3) is 0.455. The van der Waals surface area contributed by atoms with E-state index < -0.39 is 39.3 Å². The number of amides is 3. The number of anilines is 2. The van der Waals surface area contributed by atoms with Crippen molar-refractivity contribution >= 4 is 50.2 Å². The molecule has 64 heavy (non-hydrogen) atoms. The summed E-state index contributed by atoms with van der Waals surface area (Å²) in [6.45, 7) is 4.59. The molecule has 0 bridgehead atoms. The van der Waals surface area contributed by atoms with Crippen LogP contribution in [0.25, 0.3) is 10.9 Å². The molecule has 1 aromatic heterocycles. The zero-order valence-corrected chi connectivity index (χ0v) is 36.3. The quantitative estimate of drug-likeness (QED) is 0.170. The Labute approximate surface area is 368 Å². The Morgan fingerprint density at radius 3 is 2.52 bits per heavy atom. The first-order chi connectivity index (χ1) is 30.7. The van der Waals surface area contributed by atoms with Crippen LogP contribution in [0.2, 0.25) is 0 Å². The average molecular weight is 902 g/mol. The van der Waals surface area contributed by atoms with Gasteiger partial charge in [-0.3, -0.25) is 38.7 Å². The topological polar surface area (TPSA) is 208 Å². The lowest BCUT2D eigenvalue weighted by Gasteiger charge is -2.40. The second kappa shape index (κ2) is 18.2. The van der Waals surface area contributed by atoms with Crippen LogP contribution in [0.3, 0.4) is 0 Å². The minimum absolute atomic E-state index is 0.00504. The number of rotatable bonds is 12. The largest absolute Gasteiger partial charge is 0.453 e. The second-order valence-electron chi connectivity index (χ2n) is 16.8. The van der Waals surface area contributed by atoms with Crippen molar-refractivity contribution in [3.8, 4) is 17.6 Å². The molecule has 17 nitrogen and oxygen atoms in total. The zero-order chi connectivity index (χ0) is 45.3. The van der Waals surface area contributed by atoms with Crippen LogP contribution in [-0.2, 0) is 29.3 Å². The predicted molar refractivity (Wildman–Crippen MR) is 231 cm³/mol. The van der Waals surface area contributed by atoms with Crippen molar-refractivity contribution in [1.29, 1.82) is 5.26 Å². The van der Waals surface area contributed by atoms with Crippen molar-refractivity contribution < 1.29 is 41.1 Å². The van der Waals surface area contributed by atoms with Gasteiger partial charge >= 0.3 is 10.2 Å². The molecule has 338 valence electrons. The number of piperidine rings is 3. The molecule has 0 saturated carbocycles. The van der Waals surface area contributed by atoms with Gasteiger partial charge < -0.3 is 19.7 Å². The second-order valence-corrected chi connectivity index (χ2v) is 18.6. The number of nitrogens with zero attached hydrogens (tertiary/aromatic N) is 6. The van der Waals surface area contributed by atoms with Crippen molar-refractivity contribution in [2.24, 2.45) is 0 Å². The third-order valence-corrected chi connectivity index (χ3v) is 14.4. The van der Waals surface area contributed by atoms with Crippen LogP contribution in [0.4, 0.5) is 20.2 Å². The minimum atomic E-state index is -4.03. The molecular weight excluding hydrogens is 853 g/mol. The van der Waals surface area contributed by atoms with Crippen LogP contribution in [0.1, 0.15) is 75.0 Å². The zero-order valence-electron chi connectivity index (χ0n) is 35.4. The lowest BCUT2D eigenvalue weighted by atomic mass is 9.87. The molecule has 1 spiro atoms. The highest BCUT2D eigenvalue weighted by molar-refractivity contribution is 7.90. The van der Waals surface area contributed by atoms with E-state index >= 15 is 8.78 Å². The van der Waals surface area contributed by atoms with E-state index in [9.17, 15) is 32.9 Å². The monoisotopic (exact) mass is 901 g/mol. The molecule has 2 unspecified atom stereocenters.